The lowest BCUT2D eigenvalue weighted by Crippen LogP contribution is -2.41. The molecule has 2 amide bonds. The number of rotatable bonds is 5. The van der Waals surface area contributed by atoms with Crippen LogP contribution in [0.3, 0.4) is 0 Å². The topological polar surface area (TPSA) is 109 Å². The van der Waals surface area contributed by atoms with Gasteiger partial charge in [-0.3, -0.25) is 14.7 Å². The molecule has 2 aliphatic rings. The second kappa shape index (κ2) is 8.70. The van der Waals surface area contributed by atoms with Crippen molar-refractivity contribution in [2.24, 2.45) is 0 Å². The van der Waals surface area contributed by atoms with Crippen molar-refractivity contribution in [3.05, 3.63) is 54.4 Å². The number of aromatic amines is 1. The number of amides is 2. The molecule has 0 aliphatic carbocycles. The first-order valence-electron chi connectivity index (χ1n) is 10.6. The van der Waals surface area contributed by atoms with Crippen LogP contribution in [-0.4, -0.2) is 51.7 Å². The number of H-pyrrole nitrogens is 1. The van der Waals surface area contributed by atoms with Crippen LogP contribution < -0.4 is 14.8 Å². The Morgan fingerprint density at radius 3 is 2.94 bits per heavy atom. The summed E-state index contributed by atoms with van der Waals surface area (Å²) in [4.78, 5) is 31.0. The minimum Gasteiger partial charge on any atom is -0.484 e. The number of piperidine rings is 1. The van der Waals surface area contributed by atoms with E-state index < -0.39 is 0 Å². The summed E-state index contributed by atoms with van der Waals surface area (Å²) in [6, 6.07) is 14.5. The van der Waals surface area contributed by atoms with Gasteiger partial charge in [-0.25, -0.2) is 4.98 Å². The monoisotopic (exact) mass is 433 g/mol. The second-order valence-corrected chi connectivity index (χ2v) is 7.79. The Morgan fingerprint density at radius 1 is 1.19 bits per heavy atom. The van der Waals surface area contributed by atoms with Crippen molar-refractivity contribution in [3.8, 4) is 22.9 Å². The molecule has 9 nitrogen and oxygen atoms in total. The van der Waals surface area contributed by atoms with Crippen molar-refractivity contribution < 1.29 is 19.1 Å². The predicted octanol–water partition coefficient (Wildman–Crippen LogP) is 2.94. The second-order valence-electron chi connectivity index (χ2n) is 7.79. The molecule has 164 valence electrons. The zero-order chi connectivity index (χ0) is 21.9. The molecule has 1 aromatic heterocycles. The Hall–Kier alpha value is -3.88. The van der Waals surface area contributed by atoms with E-state index in [1.165, 1.54) is 0 Å². The number of nitrogens with zero attached hydrogens (tertiary/aromatic N) is 3. The van der Waals surface area contributed by atoms with Gasteiger partial charge in [0.05, 0.1) is 11.7 Å². The highest BCUT2D eigenvalue weighted by Gasteiger charge is 2.31. The van der Waals surface area contributed by atoms with E-state index in [1.807, 2.05) is 41.3 Å². The summed E-state index contributed by atoms with van der Waals surface area (Å²) in [5, 5.41) is 10.2. The molecule has 2 N–H and O–H groups in total. The fourth-order valence-electron chi connectivity index (χ4n) is 4.03. The number of hydrogen-bond donors (Lipinski definition) is 2. The van der Waals surface area contributed by atoms with E-state index in [2.05, 4.69) is 20.5 Å². The quantitative estimate of drug-likeness (QED) is 0.640. The summed E-state index contributed by atoms with van der Waals surface area (Å²) in [7, 11) is 0. The number of hydrogen-bond acceptors (Lipinski definition) is 6. The SMILES string of the molecule is O=C1COc2ccc(-c3n[nH]c(C4CCCCN4C(=O)COc4ccccc4)n3)cc2N1. The molecule has 1 saturated heterocycles. The van der Waals surface area contributed by atoms with Crippen LogP contribution in [0.4, 0.5) is 5.69 Å². The van der Waals surface area contributed by atoms with Gasteiger partial charge in [0.2, 0.25) is 0 Å². The molecule has 32 heavy (non-hydrogen) atoms. The van der Waals surface area contributed by atoms with Gasteiger partial charge in [-0.2, -0.15) is 5.10 Å². The van der Waals surface area contributed by atoms with Crippen molar-refractivity contribution >= 4 is 17.5 Å². The molecule has 1 unspecified atom stereocenters. The van der Waals surface area contributed by atoms with Gasteiger partial charge in [0.25, 0.3) is 11.8 Å². The zero-order valence-electron chi connectivity index (χ0n) is 17.4. The Labute approximate surface area is 184 Å². The number of likely N-dealkylation sites (tertiary alicyclic amines) is 1. The number of benzene rings is 2. The molecule has 0 radical (unpaired) electrons. The highest BCUT2D eigenvalue weighted by molar-refractivity contribution is 5.96. The molecular formula is C23H23N5O4. The van der Waals surface area contributed by atoms with Gasteiger partial charge in [0.15, 0.2) is 19.0 Å². The predicted molar refractivity (Wildman–Crippen MR) is 116 cm³/mol. The number of ether oxygens (including phenoxy) is 2. The third-order valence-electron chi connectivity index (χ3n) is 5.62. The van der Waals surface area contributed by atoms with Crippen LogP contribution in [0.25, 0.3) is 11.4 Å². The van der Waals surface area contributed by atoms with Crippen LogP contribution in [0.5, 0.6) is 11.5 Å². The van der Waals surface area contributed by atoms with Gasteiger partial charge in [0, 0.05) is 12.1 Å². The van der Waals surface area contributed by atoms with E-state index in [0.29, 0.717) is 35.4 Å². The van der Waals surface area contributed by atoms with Crippen molar-refractivity contribution in [3.63, 3.8) is 0 Å². The highest BCUT2D eigenvalue weighted by atomic mass is 16.5. The van der Waals surface area contributed by atoms with Gasteiger partial charge in [-0.1, -0.05) is 18.2 Å². The Kier molecular flexibility index (Phi) is 5.45. The molecule has 3 heterocycles. The first-order valence-corrected chi connectivity index (χ1v) is 10.6. The molecule has 1 atom stereocenters. The lowest BCUT2D eigenvalue weighted by Gasteiger charge is -2.34. The van der Waals surface area contributed by atoms with E-state index in [-0.39, 0.29) is 31.1 Å². The van der Waals surface area contributed by atoms with Crippen LogP contribution in [-0.2, 0) is 9.59 Å². The standard InChI is InChI=1S/C23H23N5O4/c29-20-13-32-19-10-9-15(12-17(19)24-20)22-25-23(27-26-22)18-8-4-5-11-28(18)21(30)14-31-16-6-2-1-3-7-16/h1-3,6-7,9-10,12,18H,4-5,8,11,13-14H2,(H,24,29)(H,25,26,27). The molecule has 0 bridgehead atoms. The summed E-state index contributed by atoms with van der Waals surface area (Å²) in [6.45, 7) is 0.641. The Balaban J connectivity index is 1.32. The normalized spacial score (nSPS) is 17.8. The van der Waals surface area contributed by atoms with Crippen molar-refractivity contribution in [2.75, 3.05) is 25.1 Å². The van der Waals surface area contributed by atoms with Crippen molar-refractivity contribution in [1.29, 1.82) is 0 Å². The lowest BCUT2D eigenvalue weighted by atomic mass is 10.0. The maximum atomic E-state index is 12.9. The molecule has 1 fully saturated rings. The van der Waals surface area contributed by atoms with Crippen LogP contribution in [0.15, 0.2) is 48.5 Å². The fraction of sp³-hybridized carbons (Fsp3) is 0.304. The third kappa shape index (κ3) is 4.14. The fourth-order valence-corrected chi connectivity index (χ4v) is 4.03. The Morgan fingerprint density at radius 2 is 2.06 bits per heavy atom. The largest absolute Gasteiger partial charge is 0.484 e. The average molecular weight is 433 g/mol. The smallest absolute Gasteiger partial charge is 0.262 e. The summed E-state index contributed by atoms with van der Waals surface area (Å²) >= 11 is 0. The van der Waals surface area contributed by atoms with E-state index >= 15 is 0 Å². The van der Waals surface area contributed by atoms with Gasteiger partial charge < -0.3 is 19.7 Å². The average Bonchev–Trinajstić information content (AvgIpc) is 3.33. The number of carbonyl (C=O) groups is 2. The Bertz CT molecular complexity index is 1130. The van der Waals surface area contributed by atoms with Gasteiger partial charge in [-0.15, -0.1) is 0 Å². The number of fused-ring (bicyclic) bond motifs is 1. The lowest BCUT2D eigenvalue weighted by molar-refractivity contribution is -0.137. The van der Waals surface area contributed by atoms with E-state index in [9.17, 15) is 9.59 Å². The molecule has 5 rings (SSSR count). The summed E-state index contributed by atoms with van der Waals surface area (Å²) in [5.74, 6) is 2.16. The van der Waals surface area contributed by atoms with Crippen molar-refractivity contribution in [1.82, 2.24) is 20.1 Å². The molecule has 2 aromatic carbocycles. The van der Waals surface area contributed by atoms with Gasteiger partial charge >= 0.3 is 0 Å². The van der Waals surface area contributed by atoms with Crippen LogP contribution in [0.2, 0.25) is 0 Å². The number of aromatic nitrogens is 3. The summed E-state index contributed by atoms with van der Waals surface area (Å²) in [6.07, 6.45) is 2.76. The first kappa shape index (κ1) is 20.0. The van der Waals surface area contributed by atoms with Gasteiger partial charge in [-0.05, 0) is 49.6 Å². The van der Waals surface area contributed by atoms with E-state index in [1.54, 1.807) is 12.1 Å². The molecule has 9 heteroatoms. The van der Waals surface area contributed by atoms with Crippen LogP contribution in [0, 0.1) is 0 Å². The number of carbonyl (C=O) groups excluding carboxylic acids is 2. The highest BCUT2D eigenvalue weighted by Crippen LogP contribution is 2.33. The zero-order valence-corrected chi connectivity index (χ0v) is 17.4. The molecule has 0 spiro atoms. The third-order valence-corrected chi connectivity index (χ3v) is 5.62. The van der Waals surface area contributed by atoms with Crippen LogP contribution in [0.1, 0.15) is 31.1 Å². The van der Waals surface area contributed by atoms with Crippen molar-refractivity contribution in [2.45, 2.75) is 25.3 Å². The molecule has 3 aromatic rings. The summed E-state index contributed by atoms with van der Waals surface area (Å²) in [5.41, 5.74) is 1.34. The number of para-hydroxylation sites is 1. The summed E-state index contributed by atoms with van der Waals surface area (Å²) < 4.78 is 11.1. The maximum absolute atomic E-state index is 12.9. The van der Waals surface area contributed by atoms with E-state index in [0.717, 1.165) is 24.8 Å². The van der Waals surface area contributed by atoms with Crippen LogP contribution >= 0.6 is 0 Å². The first-order chi connectivity index (χ1) is 15.7. The molecular weight excluding hydrogens is 410 g/mol. The molecule has 0 saturated carbocycles. The van der Waals surface area contributed by atoms with Gasteiger partial charge in [0.1, 0.15) is 17.3 Å². The maximum Gasteiger partial charge on any atom is 0.262 e. The minimum atomic E-state index is -0.195. The van der Waals surface area contributed by atoms with E-state index in [4.69, 9.17) is 9.47 Å². The number of nitrogens with one attached hydrogen (secondary N) is 2. The number of anilines is 1. The minimum absolute atomic E-state index is 0.0106. The molecule has 2 aliphatic heterocycles.